The number of amides is 1. The molecule has 0 fully saturated rings. The van der Waals surface area contributed by atoms with Gasteiger partial charge < -0.3 is 24.0 Å². The van der Waals surface area contributed by atoms with Crippen LogP contribution in [0.15, 0.2) is 34.9 Å². The molecule has 0 radical (unpaired) electrons. The summed E-state index contributed by atoms with van der Waals surface area (Å²) < 4.78 is 10.8. The lowest BCUT2D eigenvalue weighted by atomic mass is 10.1. The van der Waals surface area contributed by atoms with E-state index in [1.54, 1.807) is 0 Å². The fourth-order valence-corrected chi connectivity index (χ4v) is 3.04. The van der Waals surface area contributed by atoms with Crippen LogP contribution in [0.5, 0.6) is 0 Å². The average molecular weight is 389 g/mol. The summed E-state index contributed by atoms with van der Waals surface area (Å²) in [4.78, 5) is 18.7. The maximum atomic E-state index is 12.7. The molecule has 154 valence electrons. The third-order valence-corrected chi connectivity index (χ3v) is 4.65. The number of likely N-dealkylation sites (N-methyl/N-ethyl adjacent to an activating group) is 1. The highest BCUT2D eigenvalue weighted by atomic mass is 16.5. The fourth-order valence-electron chi connectivity index (χ4n) is 3.04. The van der Waals surface area contributed by atoms with Gasteiger partial charge in [-0.2, -0.15) is 0 Å². The first kappa shape index (κ1) is 21.9. The molecule has 0 aliphatic rings. The summed E-state index contributed by atoms with van der Waals surface area (Å²) in [6.45, 7) is 7.62. The lowest BCUT2D eigenvalue weighted by Gasteiger charge is -2.26. The van der Waals surface area contributed by atoms with E-state index in [0.717, 1.165) is 42.3 Å². The Morgan fingerprint density at radius 2 is 1.79 bits per heavy atom. The van der Waals surface area contributed by atoms with Crippen LogP contribution in [0, 0.1) is 0 Å². The van der Waals surface area contributed by atoms with E-state index in [4.69, 9.17) is 9.26 Å². The molecule has 0 aliphatic carbocycles. The van der Waals surface area contributed by atoms with Gasteiger partial charge in [0.1, 0.15) is 12.3 Å². The summed E-state index contributed by atoms with van der Waals surface area (Å²) in [6.07, 6.45) is 0. The summed E-state index contributed by atoms with van der Waals surface area (Å²) >= 11 is 0. The Balaban J connectivity index is 2.43. The Morgan fingerprint density at radius 3 is 2.36 bits per heavy atom. The van der Waals surface area contributed by atoms with Gasteiger partial charge in [-0.25, -0.2) is 0 Å². The molecule has 0 bridgehead atoms. The van der Waals surface area contributed by atoms with Crippen molar-refractivity contribution >= 4 is 11.8 Å². The Labute approximate surface area is 167 Å². The molecular formula is C21H32N4O3. The van der Waals surface area contributed by atoms with Gasteiger partial charge in [0.05, 0.1) is 12.1 Å². The van der Waals surface area contributed by atoms with E-state index in [1.165, 1.54) is 7.11 Å². The van der Waals surface area contributed by atoms with Crippen molar-refractivity contribution < 1.29 is 14.1 Å². The van der Waals surface area contributed by atoms with Crippen molar-refractivity contribution in [2.24, 2.45) is 0 Å². The summed E-state index contributed by atoms with van der Waals surface area (Å²) in [7, 11) is 5.53. The van der Waals surface area contributed by atoms with Crippen LogP contribution in [0.1, 0.15) is 19.4 Å². The number of methoxy groups -OCH3 is 1. The molecule has 0 saturated heterocycles. The number of carbonyl (C=O) groups excluding carboxylic acids is 1. The minimum atomic E-state index is -0.0462. The first-order chi connectivity index (χ1) is 13.5. The van der Waals surface area contributed by atoms with Crippen LogP contribution in [-0.2, 0) is 16.1 Å². The minimum Gasteiger partial charge on any atom is -0.375 e. The average Bonchev–Trinajstić information content (AvgIpc) is 3.10. The van der Waals surface area contributed by atoms with Crippen LogP contribution in [-0.4, -0.2) is 74.9 Å². The van der Waals surface area contributed by atoms with Gasteiger partial charge in [-0.05, 0) is 27.9 Å². The van der Waals surface area contributed by atoms with E-state index in [0.29, 0.717) is 13.1 Å². The molecular weight excluding hydrogens is 356 g/mol. The second kappa shape index (κ2) is 10.8. The van der Waals surface area contributed by atoms with Gasteiger partial charge in [0.15, 0.2) is 0 Å². The number of rotatable bonds is 11. The predicted octanol–water partition coefficient (Wildman–Crippen LogP) is 2.72. The second-order valence-electron chi connectivity index (χ2n) is 6.90. The van der Waals surface area contributed by atoms with E-state index >= 15 is 0 Å². The second-order valence-corrected chi connectivity index (χ2v) is 6.90. The quantitative estimate of drug-likeness (QED) is 0.590. The van der Waals surface area contributed by atoms with Crippen LogP contribution in [0.4, 0.5) is 5.88 Å². The molecule has 0 atom stereocenters. The van der Waals surface area contributed by atoms with Crippen molar-refractivity contribution in [1.29, 1.82) is 0 Å². The van der Waals surface area contributed by atoms with Gasteiger partial charge in [0, 0.05) is 38.9 Å². The maximum absolute atomic E-state index is 12.7. The van der Waals surface area contributed by atoms with Crippen LogP contribution >= 0.6 is 0 Å². The van der Waals surface area contributed by atoms with Gasteiger partial charge in [-0.15, -0.1) is 0 Å². The van der Waals surface area contributed by atoms with Crippen LogP contribution in [0.3, 0.4) is 0 Å². The molecule has 1 heterocycles. The van der Waals surface area contributed by atoms with E-state index < -0.39 is 0 Å². The predicted molar refractivity (Wildman–Crippen MR) is 111 cm³/mol. The summed E-state index contributed by atoms with van der Waals surface area (Å²) in [6, 6.07) is 9.94. The van der Waals surface area contributed by atoms with E-state index in [9.17, 15) is 4.79 Å². The number of anilines is 1. The number of aromatic nitrogens is 1. The van der Waals surface area contributed by atoms with Crippen LogP contribution < -0.4 is 4.90 Å². The highest BCUT2D eigenvalue weighted by molar-refractivity contribution is 5.78. The molecule has 0 unspecified atom stereocenters. The first-order valence-corrected chi connectivity index (χ1v) is 9.72. The molecule has 0 spiro atoms. The third-order valence-electron chi connectivity index (χ3n) is 4.65. The zero-order valence-corrected chi connectivity index (χ0v) is 17.6. The highest BCUT2D eigenvalue weighted by Crippen LogP contribution is 2.32. The summed E-state index contributed by atoms with van der Waals surface area (Å²) in [5.74, 6) is 0.680. The molecule has 0 aliphatic heterocycles. The molecule has 1 amide bonds. The Kier molecular flexibility index (Phi) is 8.47. The highest BCUT2D eigenvalue weighted by Gasteiger charge is 2.25. The molecule has 0 saturated carbocycles. The van der Waals surface area contributed by atoms with Gasteiger partial charge >= 0.3 is 0 Å². The molecule has 7 heteroatoms. The van der Waals surface area contributed by atoms with Crippen molar-refractivity contribution in [3.63, 3.8) is 0 Å². The number of hydrogen-bond donors (Lipinski definition) is 0. The van der Waals surface area contributed by atoms with Crippen LogP contribution in [0.2, 0.25) is 0 Å². The zero-order valence-electron chi connectivity index (χ0n) is 17.6. The lowest BCUT2D eigenvalue weighted by molar-refractivity contribution is -0.135. The topological polar surface area (TPSA) is 62.1 Å². The lowest BCUT2D eigenvalue weighted by Crippen LogP contribution is -2.38. The van der Waals surface area contributed by atoms with Crippen molar-refractivity contribution in [3.8, 4) is 11.3 Å². The number of carbonyl (C=O) groups is 1. The van der Waals surface area contributed by atoms with Gasteiger partial charge in [-0.1, -0.05) is 35.5 Å². The standard InChI is InChI=1S/C21H32N4O3/c1-6-24(7-2)21-18(20(22-28-21)17-11-9-8-10-12-17)15-25(14-13-23(3)4)19(26)16-27-5/h8-12H,6-7,13-16H2,1-5H3. The molecule has 1 aromatic carbocycles. The van der Waals surface area contributed by atoms with Crippen LogP contribution in [0.25, 0.3) is 11.3 Å². The van der Waals surface area contributed by atoms with Crippen molar-refractivity contribution in [2.75, 3.05) is 58.9 Å². The normalized spacial score (nSPS) is 11.1. The summed E-state index contributed by atoms with van der Waals surface area (Å²) in [5, 5.41) is 4.36. The Hall–Kier alpha value is -2.38. The number of benzene rings is 1. The summed E-state index contributed by atoms with van der Waals surface area (Å²) in [5.41, 5.74) is 2.69. The number of ether oxygens (including phenoxy) is 1. The molecule has 7 nitrogen and oxygen atoms in total. The van der Waals surface area contributed by atoms with E-state index in [2.05, 4.69) is 28.8 Å². The molecule has 28 heavy (non-hydrogen) atoms. The largest absolute Gasteiger partial charge is 0.375 e. The fraction of sp³-hybridized carbons (Fsp3) is 0.524. The molecule has 1 aromatic heterocycles. The Morgan fingerprint density at radius 1 is 1.11 bits per heavy atom. The van der Waals surface area contributed by atoms with Crippen molar-refractivity contribution in [2.45, 2.75) is 20.4 Å². The SMILES string of the molecule is CCN(CC)c1onc(-c2ccccc2)c1CN(CCN(C)C)C(=O)COC. The zero-order chi connectivity index (χ0) is 20.5. The van der Waals surface area contributed by atoms with Gasteiger partial charge in [-0.3, -0.25) is 4.79 Å². The Bertz CT molecular complexity index is 727. The van der Waals surface area contributed by atoms with Gasteiger partial charge in [0.2, 0.25) is 11.8 Å². The first-order valence-electron chi connectivity index (χ1n) is 9.72. The maximum Gasteiger partial charge on any atom is 0.248 e. The number of hydrogen-bond acceptors (Lipinski definition) is 6. The van der Waals surface area contributed by atoms with E-state index in [-0.39, 0.29) is 12.5 Å². The van der Waals surface area contributed by atoms with Crippen molar-refractivity contribution in [1.82, 2.24) is 15.0 Å². The third kappa shape index (κ3) is 5.56. The smallest absolute Gasteiger partial charge is 0.248 e. The van der Waals surface area contributed by atoms with Gasteiger partial charge in [0.25, 0.3) is 0 Å². The molecule has 0 N–H and O–H groups in total. The molecule has 2 rings (SSSR count). The molecule has 2 aromatic rings. The number of nitrogens with zero attached hydrogens (tertiary/aromatic N) is 4. The van der Waals surface area contributed by atoms with Crippen molar-refractivity contribution in [3.05, 3.63) is 35.9 Å². The minimum absolute atomic E-state index is 0.0462. The monoisotopic (exact) mass is 388 g/mol. The van der Waals surface area contributed by atoms with E-state index in [1.807, 2.05) is 49.3 Å².